The van der Waals surface area contributed by atoms with Crippen molar-refractivity contribution in [2.24, 2.45) is 4.99 Å². The molecule has 1 aliphatic heterocycles. The van der Waals surface area contributed by atoms with Crippen LogP contribution in [0.5, 0.6) is 5.75 Å². The van der Waals surface area contributed by atoms with Gasteiger partial charge in [-0.3, -0.25) is 29.6 Å². The molecule has 128 valence electrons. The van der Waals surface area contributed by atoms with E-state index in [1.807, 2.05) is 0 Å². The van der Waals surface area contributed by atoms with Crippen LogP contribution in [-0.2, 0) is 9.59 Å². The molecule has 0 aliphatic carbocycles. The van der Waals surface area contributed by atoms with Gasteiger partial charge in [0, 0.05) is 20.5 Å². The van der Waals surface area contributed by atoms with Gasteiger partial charge >= 0.3 is 0 Å². The van der Waals surface area contributed by atoms with Crippen LogP contribution in [0.3, 0.4) is 0 Å². The molecule has 2 rings (SSSR count). The van der Waals surface area contributed by atoms with E-state index in [9.17, 15) is 19.7 Å². The number of nitro benzene ring substituents is 1. The van der Waals surface area contributed by atoms with Crippen LogP contribution in [-0.4, -0.2) is 53.3 Å². The second-order valence-electron chi connectivity index (χ2n) is 4.90. The lowest BCUT2D eigenvalue weighted by atomic mass is 10.2. The molecule has 0 spiro atoms. The van der Waals surface area contributed by atoms with Gasteiger partial charge in [0.05, 0.1) is 18.1 Å². The van der Waals surface area contributed by atoms with E-state index in [1.54, 1.807) is 14.1 Å². The molecule has 1 aliphatic rings. The largest absolute Gasteiger partial charge is 0.496 e. The molecule has 9 nitrogen and oxygen atoms in total. The number of nitro groups is 1. The Kier molecular flexibility index (Phi) is 5.39. The van der Waals surface area contributed by atoms with Crippen LogP contribution >= 0.6 is 11.8 Å². The molecule has 0 aromatic heterocycles. The van der Waals surface area contributed by atoms with E-state index in [2.05, 4.69) is 10.3 Å². The van der Waals surface area contributed by atoms with Gasteiger partial charge in [-0.15, -0.1) is 0 Å². The van der Waals surface area contributed by atoms with Crippen molar-refractivity contribution in [1.29, 1.82) is 0 Å². The van der Waals surface area contributed by atoms with Crippen LogP contribution in [0, 0.1) is 10.1 Å². The summed E-state index contributed by atoms with van der Waals surface area (Å²) in [6, 6.07) is 4.12. The number of thioether (sulfide) groups is 1. The third-order valence-corrected chi connectivity index (χ3v) is 4.70. The Hall–Kier alpha value is -2.62. The zero-order valence-corrected chi connectivity index (χ0v) is 14.1. The SMILES string of the molecule is CN=C1SC(CC(=O)Nc2ccc(OC)cc2[N+](=O)[O-])C(=O)N1C. The minimum absolute atomic E-state index is 0.0546. The van der Waals surface area contributed by atoms with Crippen LogP contribution in [0.25, 0.3) is 0 Å². The number of amidine groups is 1. The van der Waals surface area contributed by atoms with Crippen molar-refractivity contribution in [3.8, 4) is 5.75 Å². The Labute approximate surface area is 142 Å². The van der Waals surface area contributed by atoms with Crippen LogP contribution in [0.4, 0.5) is 11.4 Å². The maximum atomic E-state index is 12.2. The first kappa shape index (κ1) is 17.7. The number of rotatable bonds is 5. The summed E-state index contributed by atoms with van der Waals surface area (Å²) in [7, 11) is 4.54. The van der Waals surface area contributed by atoms with E-state index >= 15 is 0 Å². The van der Waals surface area contributed by atoms with Gasteiger partial charge in [0.2, 0.25) is 11.8 Å². The number of benzene rings is 1. The fraction of sp³-hybridized carbons (Fsp3) is 0.357. The highest BCUT2D eigenvalue weighted by molar-refractivity contribution is 8.15. The summed E-state index contributed by atoms with van der Waals surface area (Å²) in [5, 5.41) is 13.5. The molecular formula is C14H16N4O5S. The van der Waals surface area contributed by atoms with E-state index in [1.165, 1.54) is 42.0 Å². The number of hydrogen-bond acceptors (Lipinski definition) is 7. The van der Waals surface area contributed by atoms with Crippen molar-refractivity contribution < 1.29 is 19.2 Å². The Balaban J connectivity index is 2.11. The van der Waals surface area contributed by atoms with Crippen molar-refractivity contribution >= 4 is 40.1 Å². The highest BCUT2D eigenvalue weighted by atomic mass is 32.2. The van der Waals surface area contributed by atoms with Crippen molar-refractivity contribution in [3.63, 3.8) is 0 Å². The molecule has 10 heteroatoms. The predicted molar refractivity (Wildman–Crippen MR) is 90.4 cm³/mol. The van der Waals surface area contributed by atoms with Gasteiger partial charge in [-0.2, -0.15) is 0 Å². The van der Waals surface area contributed by atoms with Gasteiger partial charge in [-0.05, 0) is 12.1 Å². The second kappa shape index (κ2) is 7.30. The van der Waals surface area contributed by atoms with E-state index in [-0.39, 0.29) is 23.7 Å². The summed E-state index contributed by atoms with van der Waals surface area (Å²) in [6.45, 7) is 0. The molecule has 1 N–H and O–H groups in total. The Morgan fingerprint density at radius 3 is 2.79 bits per heavy atom. The van der Waals surface area contributed by atoms with Gasteiger partial charge in [-0.1, -0.05) is 11.8 Å². The lowest BCUT2D eigenvalue weighted by Gasteiger charge is -2.10. The third-order valence-electron chi connectivity index (χ3n) is 3.38. The minimum atomic E-state index is -0.608. The maximum absolute atomic E-state index is 12.2. The number of amides is 2. The smallest absolute Gasteiger partial charge is 0.296 e. The third kappa shape index (κ3) is 3.65. The summed E-state index contributed by atoms with van der Waals surface area (Å²) >= 11 is 1.19. The van der Waals surface area contributed by atoms with Gasteiger partial charge in [0.25, 0.3) is 5.69 Å². The van der Waals surface area contributed by atoms with E-state index in [0.717, 1.165) is 0 Å². The van der Waals surface area contributed by atoms with Gasteiger partial charge < -0.3 is 10.1 Å². The first-order valence-electron chi connectivity index (χ1n) is 6.90. The van der Waals surface area contributed by atoms with Crippen molar-refractivity contribution in [2.45, 2.75) is 11.7 Å². The monoisotopic (exact) mass is 352 g/mol. The molecule has 2 amide bonds. The summed E-state index contributed by atoms with van der Waals surface area (Å²) in [4.78, 5) is 40.1. The molecule has 1 fully saturated rings. The van der Waals surface area contributed by atoms with Gasteiger partial charge in [0.1, 0.15) is 16.7 Å². The molecule has 24 heavy (non-hydrogen) atoms. The number of methoxy groups -OCH3 is 1. The Morgan fingerprint density at radius 1 is 1.54 bits per heavy atom. The summed E-state index contributed by atoms with van der Waals surface area (Å²) in [5.41, 5.74) is -0.222. The van der Waals surface area contributed by atoms with Crippen LogP contribution in [0.1, 0.15) is 6.42 Å². The molecule has 1 saturated heterocycles. The topological polar surface area (TPSA) is 114 Å². The first-order valence-corrected chi connectivity index (χ1v) is 7.78. The Morgan fingerprint density at radius 2 is 2.25 bits per heavy atom. The first-order chi connectivity index (χ1) is 11.4. The van der Waals surface area contributed by atoms with Crippen molar-refractivity contribution in [1.82, 2.24) is 4.90 Å². The highest BCUT2D eigenvalue weighted by Gasteiger charge is 2.36. The number of nitrogens with zero attached hydrogens (tertiary/aromatic N) is 3. The fourth-order valence-electron chi connectivity index (χ4n) is 2.16. The average molecular weight is 352 g/mol. The average Bonchev–Trinajstić information content (AvgIpc) is 2.82. The predicted octanol–water partition coefficient (Wildman–Crippen LogP) is 1.49. The number of nitrogens with one attached hydrogen (secondary N) is 1. The number of carbonyl (C=O) groups excluding carboxylic acids is 2. The van der Waals surface area contributed by atoms with E-state index in [0.29, 0.717) is 10.9 Å². The standard InChI is InChI=1S/C14H16N4O5S/c1-15-14-17(2)13(20)11(24-14)7-12(19)16-9-5-4-8(23-3)6-10(9)18(21)22/h4-6,11H,7H2,1-3H3,(H,16,19). The molecule has 0 saturated carbocycles. The zero-order chi connectivity index (χ0) is 17.9. The van der Waals surface area contributed by atoms with Crippen molar-refractivity contribution in [3.05, 3.63) is 28.3 Å². The fourth-order valence-corrected chi connectivity index (χ4v) is 3.27. The molecule has 1 aromatic carbocycles. The van der Waals surface area contributed by atoms with Gasteiger partial charge in [-0.25, -0.2) is 0 Å². The summed E-state index contributed by atoms with van der Waals surface area (Å²) < 4.78 is 4.94. The number of ether oxygens (including phenoxy) is 1. The molecule has 1 unspecified atom stereocenters. The minimum Gasteiger partial charge on any atom is -0.496 e. The summed E-state index contributed by atoms with van der Waals surface area (Å²) in [6.07, 6.45) is -0.101. The number of carbonyl (C=O) groups is 2. The van der Waals surface area contributed by atoms with Crippen LogP contribution in [0.2, 0.25) is 0 Å². The quantitative estimate of drug-likeness (QED) is 0.634. The van der Waals surface area contributed by atoms with Gasteiger partial charge in [0.15, 0.2) is 5.17 Å². The molecule has 0 bridgehead atoms. The molecular weight excluding hydrogens is 336 g/mol. The van der Waals surface area contributed by atoms with E-state index in [4.69, 9.17) is 4.74 Å². The second-order valence-corrected chi connectivity index (χ2v) is 6.07. The normalized spacial score (nSPS) is 18.8. The van der Waals surface area contributed by atoms with Crippen LogP contribution in [0.15, 0.2) is 23.2 Å². The number of hydrogen-bond donors (Lipinski definition) is 1. The molecule has 1 heterocycles. The maximum Gasteiger partial charge on any atom is 0.296 e. The zero-order valence-electron chi connectivity index (χ0n) is 13.3. The lowest BCUT2D eigenvalue weighted by molar-refractivity contribution is -0.384. The number of aliphatic imine (C=N–C) groups is 1. The summed E-state index contributed by atoms with van der Waals surface area (Å²) in [5.74, 6) is -0.397. The van der Waals surface area contributed by atoms with Crippen molar-refractivity contribution in [2.75, 3.05) is 26.5 Å². The molecule has 0 radical (unpaired) electrons. The molecule has 1 aromatic rings. The Bertz CT molecular complexity index is 721. The lowest BCUT2D eigenvalue weighted by Crippen LogP contribution is -2.30. The van der Waals surface area contributed by atoms with Crippen LogP contribution < -0.4 is 10.1 Å². The number of anilines is 1. The highest BCUT2D eigenvalue weighted by Crippen LogP contribution is 2.31. The molecule has 1 atom stereocenters. The van der Waals surface area contributed by atoms with E-state index < -0.39 is 16.1 Å².